The van der Waals surface area contributed by atoms with Crippen molar-refractivity contribution in [2.75, 3.05) is 0 Å². The largest absolute Gasteiger partial charge is 0.481 e. The van der Waals surface area contributed by atoms with Crippen LogP contribution in [-0.2, 0) is 11.2 Å². The highest BCUT2D eigenvalue weighted by molar-refractivity contribution is 7.09. The number of carbonyl (C=O) groups is 1. The van der Waals surface area contributed by atoms with Crippen LogP contribution in [-0.4, -0.2) is 16.1 Å². The van der Waals surface area contributed by atoms with Crippen LogP contribution in [0.3, 0.4) is 0 Å². The summed E-state index contributed by atoms with van der Waals surface area (Å²) >= 11 is 1.42. The number of carboxylic acids is 1. The van der Waals surface area contributed by atoms with Gasteiger partial charge in [0.05, 0.1) is 12.1 Å². The lowest BCUT2D eigenvalue weighted by atomic mass is 10.1. The van der Waals surface area contributed by atoms with E-state index in [-0.39, 0.29) is 6.42 Å². The third-order valence-corrected chi connectivity index (χ3v) is 2.58. The van der Waals surface area contributed by atoms with Crippen LogP contribution in [0.25, 0.3) is 0 Å². The minimum atomic E-state index is -0.761. The zero-order valence-corrected chi connectivity index (χ0v) is 8.52. The second-order valence-corrected chi connectivity index (χ2v) is 4.04. The van der Waals surface area contributed by atoms with Crippen molar-refractivity contribution in [2.24, 2.45) is 0 Å². The molecule has 0 saturated carbocycles. The van der Waals surface area contributed by atoms with E-state index in [4.69, 9.17) is 5.11 Å². The summed E-state index contributed by atoms with van der Waals surface area (Å²) in [5, 5.41) is 8.52. The second-order valence-electron chi connectivity index (χ2n) is 3.16. The lowest BCUT2D eigenvalue weighted by Gasteiger charge is -2.03. The molecule has 0 saturated heterocycles. The van der Waals surface area contributed by atoms with Crippen molar-refractivity contribution < 1.29 is 9.90 Å². The molecule has 0 amide bonds. The minimum Gasteiger partial charge on any atom is -0.481 e. The molecule has 13 heavy (non-hydrogen) atoms. The molecule has 1 aromatic rings. The molecule has 71 valence electrons. The van der Waals surface area contributed by atoms with Crippen molar-refractivity contribution in [3.8, 4) is 0 Å². The molecule has 1 heterocycles. The maximum atomic E-state index is 10.3. The predicted molar refractivity (Wildman–Crippen MR) is 51.0 cm³/mol. The fraction of sp³-hybridized carbons (Fsp3) is 0.556. The quantitative estimate of drug-likeness (QED) is 0.805. The third kappa shape index (κ3) is 2.81. The molecule has 0 aliphatic rings. The molecular weight excluding hydrogens is 186 g/mol. The lowest BCUT2D eigenvalue weighted by molar-refractivity contribution is -0.136. The minimum absolute atomic E-state index is 0.176. The molecule has 0 aliphatic carbocycles. The van der Waals surface area contributed by atoms with Gasteiger partial charge < -0.3 is 5.11 Å². The first-order chi connectivity index (χ1) is 6.11. The van der Waals surface area contributed by atoms with Gasteiger partial charge in [0.15, 0.2) is 5.51 Å². The Hall–Kier alpha value is -0.900. The second kappa shape index (κ2) is 4.37. The number of aromatic nitrogens is 1. The van der Waals surface area contributed by atoms with Gasteiger partial charge in [-0.05, 0) is 12.3 Å². The molecule has 0 spiro atoms. The zero-order chi connectivity index (χ0) is 9.84. The van der Waals surface area contributed by atoms with E-state index in [2.05, 4.69) is 10.5 Å². The Kier molecular flexibility index (Phi) is 3.42. The maximum Gasteiger partial charge on any atom is 0.303 e. The highest BCUT2D eigenvalue weighted by Gasteiger charge is 2.11. The van der Waals surface area contributed by atoms with Crippen LogP contribution in [0.4, 0.5) is 0 Å². The average Bonchev–Trinajstić information content (AvgIpc) is 2.47. The van der Waals surface area contributed by atoms with E-state index in [1.165, 1.54) is 11.3 Å². The van der Waals surface area contributed by atoms with E-state index >= 15 is 0 Å². The number of thiazole rings is 1. The van der Waals surface area contributed by atoms with Gasteiger partial charge >= 0.3 is 5.97 Å². The van der Waals surface area contributed by atoms with Gasteiger partial charge in [-0.15, -0.1) is 11.3 Å². The Balaban J connectivity index is 2.65. The van der Waals surface area contributed by atoms with Crippen molar-refractivity contribution in [3.63, 3.8) is 0 Å². The van der Waals surface area contributed by atoms with Gasteiger partial charge in [-0.25, -0.2) is 4.98 Å². The number of hydrogen-bond donors (Lipinski definition) is 1. The summed E-state index contributed by atoms with van der Waals surface area (Å²) in [5.41, 5.74) is 3.79. The van der Waals surface area contributed by atoms with Crippen molar-refractivity contribution in [2.45, 2.75) is 32.6 Å². The number of hydrogen-bond acceptors (Lipinski definition) is 3. The highest BCUT2D eigenvalue weighted by Crippen LogP contribution is 2.22. The predicted octanol–water partition coefficient (Wildman–Crippen LogP) is 2.08. The normalized spacial score (nSPS) is 10.7. The zero-order valence-electron chi connectivity index (χ0n) is 7.70. The standard InChI is InChI=1S/C9H12NO2S/c1-6(2)9-7(13-5-10-9)3-4-8(11)12/h6H,3-4H2,1-2H3,(H,11,12). The van der Waals surface area contributed by atoms with Crippen molar-refractivity contribution in [1.29, 1.82) is 0 Å². The molecule has 3 nitrogen and oxygen atoms in total. The van der Waals surface area contributed by atoms with E-state index in [0.29, 0.717) is 12.3 Å². The Morgan fingerprint density at radius 2 is 2.38 bits per heavy atom. The molecular formula is C9H12NO2S. The number of aliphatic carboxylic acids is 1. The van der Waals surface area contributed by atoms with Gasteiger partial charge in [0.25, 0.3) is 0 Å². The van der Waals surface area contributed by atoms with Crippen LogP contribution in [0.5, 0.6) is 0 Å². The van der Waals surface area contributed by atoms with Gasteiger partial charge in [0.1, 0.15) is 0 Å². The first-order valence-corrected chi connectivity index (χ1v) is 5.00. The Morgan fingerprint density at radius 3 is 2.92 bits per heavy atom. The molecule has 0 unspecified atom stereocenters. The molecule has 1 N–H and O–H groups in total. The number of rotatable bonds is 4. The monoisotopic (exact) mass is 198 g/mol. The molecule has 1 rings (SSSR count). The maximum absolute atomic E-state index is 10.3. The number of nitrogens with zero attached hydrogens (tertiary/aromatic N) is 1. The first-order valence-electron chi connectivity index (χ1n) is 4.18. The van der Waals surface area contributed by atoms with E-state index in [9.17, 15) is 4.79 Å². The van der Waals surface area contributed by atoms with Crippen LogP contribution in [0.15, 0.2) is 0 Å². The molecule has 0 fully saturated rings. The topological polar surface area (TPSA) is 50.2 Å². The van der Waals surface area contributed by atoms with Crippen molar-refractivity contribution in [3.05, 3.63) is 16.1 Å². The summed E-state index contributed by atoms with van der Waals surface area (Å²) in [7, 11) is 0. The Labute approximate surface area is 81.4 Å². The van der Waals surface area contributed by atoms with Gasteiger partial charge in [-0.1, -0.05) is 13.8 Å². The summed E-state index contributed by atoms with van der Waals surface area (Å²) in [6, 6.07) is 0. The van der Waals surface area contributed by atoms with Gasteiger partial charge in [0, 0.05) is 4.88 Å². The molecule has 1 aromatic heterocycles. The third-order valence-electron chi connectivity index (χ3n) is 1.73. The molecule has 0 aliphatic heterocycles. The van der Waals surface area contributed by atoms with Crippen LogP contribution in [0.2, 0.25) is 0 Å². The van der Waals surface area contributed by atoms with Gasteiger partial charge in [-0.2, -0.15) is 0 Å². The number of aryl methyl sites for hydroxylation is 1. The fourth-order valence-electron chi connectivity index (χ4n) is 1.09. The molecule has 4 heteroatoms. The Bertz CT molecular complexity index is 294. The van der Waals surface area contributed by atoms with Crippen LogP contribution in [0.1, 0.15) is 36.8 Å². The van der Waals surface area contributed by atoms with Crippen LogP contribution < -0.4 is 0 Å². The van der Waals surface area contributed by atoms with Crippen molar-refractivity contribution in [1.82, 2.24) is 4.98 Å². The molecule has 0 aromatic carbocycles. The lowest BCUT2D eigenvalue weighted by Crippen LogP contribution is -1.99. The smallest absolute Gasteiger partial charge is 0.303 e. The summed E-state index contributed by atoms with van der Waals surface area (Å²) in [6.07, 6.45) is 0.750. The van der Waals surface area contributed by atoms with Crippen molar-refractivity contribution >= 4 is 17.3 Å². The van der Waals surface area contributed by atoms with Gasteiger partial charge in [-0.3, -0.25) is 4.79 Å². The number of carboxylic acid groups (broad SMARTS) is 1. The Morgan fingerprint density at radius 1 is 1.69 bits per heavy atom. The molecule has 0 bridgehead atoms. The summed E-state index contributed by atoms with van der Waals surface area (Å²) < 4.78 is 0. The van der Waals surface area contributed by atoms with E-state index in [1.54, 1.807) is 0 Å². The average molecular weight is 198 g/mol. The van der Waals surface area contributed by atoms with Crippen LogP contribution >= 0.6 is 11.3 Å². The van der Waals surface area contributed by atoms with E-state index < -0.39 is 5.97 Å². The van der Waals surface area contributed by atoms with E-state index in [1.807, 2.05) is 13.8 Å². The summed E-state index contributed by atoms with van der Waals surface area (Å²) in [4.78, 5) is 15.5. The molecule has 1 radical (unpaired) electrons. The van der Waals surface area contributed by atoms with Crippen LogP contribution in [0, 0.1) is 5.51 Å². The summed E-state index contributed by atoms with van der Waals surface area (Å²) in [5.74, 6) is -0.408. The highest BCUT2D eigenvalue weighted by atomic mass is 32.1. The van der Waals surface area contributed by atoms with Gasteiger partial charge in [0.2, 0.25) is 0 Å². The molecule has 0 atom stereocenters. The first kappa shape index (κ1) is 10.2. The fourth-order valence-corrected chi connectivity index (χ4v) is 1.94. The van der Waals surface area contributed by atoms with E-state index in [0.717, 1.165) is 10.6 Å². The summed E-state index contributed by atoms with van der Waals surface area (Å²) in [6.45, 7) is 4.10. The SMILES string of the molecule is CC(C)c1n[c]sc1CCC(=O)O.